The van der Waals surface area contributed by atoms with E-state index in [1.54, 1.807) is 0 Å². The molecule has 0 radical (unpaired) electrons. The Hall–Kier alpha value is 1.87. The molecule has 0 amide bonds. The van der Waals surface area contributed by atoms with E-state index in [-0.39, 0.29) is 86.8 Å². The summed E-state index contributed by atoms with van der Waals surface area (Å²) in [6.45, 7) is 8.87. The first-order valence-electron chi connectivity index (χ1n) is 5.83. The average Bonchev–Trinajstić information content (AvgIpc) is 2.22. The Kier molecular flexibility index (Phi) is 78.2. The molecule has 1 fully saturated rings. The van der Waals surface area contributed by atoms with Gasteiger partial charge in [0.05, 0.1) is 0 Å². The predicted molar refractivity (Wildman–Crippen MR) is 111 cm³/mol. The van der Waals surface area contributed by atoms with E-state index in [0.29, 0.717) is 0 Å². The minimum atomic E-state index is 0. The molecule has 4 N–H and O–H groups in total. The molecule has 1 rings (SSSR count). The van der Waals surface area contributed by atoms with Gasteiger partial charge in [0.1, 0.15) is 0 Å². The molecule has 0 saturated carbocycles. The van der Waals surface area contributed by atoms with E-state index in [2.05, 4.69) is 21.3 Å². The third-order valence-electron chi connectivity index (χ3n) is 2.37. The highest BCUT2D eigenvalue weighted by atomic mass is 35.5. The zero-order valence-electron chi connectivity index (χ0n) is 11.9. The first-order chi connectivity index (χ1) is 7.00. The van der Waals surface area contributed by atoms with Gasteiger partial charge in [0.2, 0.25) is 0 Å². The zero-order valence-corrected chi connectivity index (χ0v) is 17.6. The van der Waals surface area contributed by atoms with E-state index < -0.39 is 0 Å². The summed E-state index contributed by atoms with van der Waals surface area (Å²) in [5.41, 5.74) is 0. The standard InChI is InChI=1S/C10H24N4.7ClH/c1-3-11-7-9-13-5-2-6-14-10-8-12-4-1;;;;;;;/h11-14H,1-10H2;7*1H. The van der Waals surface area contributed by atoms with Crippen LogP contribution in [0.3, 0.4) is 0 Å². The Labute approximate surface area is 172 Å². The quantitative estimate of drug-likeness (QED) is 0.452. The van der Waals surface area contributed by atoms with Gasteiger partial charge in [0.15, 0.2) is 0 Å². The molecule has 140 valence electrons. The molecule has 1 aliphatic rings. The zero-order chi connectivity index (χ0) is 9.90. The van der Waals surface area contributed by atoms with Crippen LogP contribution in [-0.4, -0.2) is 52.4 Å². The van der Waals surface area contributed by atoms with Crippen molar-refractivity contribution < 1.29 is 0 Å². The Morgan fingerprint density at radius 3 is 0.667 bits per heavy atom. The largest absolute Gasteiger partial charge is 0.315 e. The molecule has 0 aromatic rings. The monoisotopic (exact) mass is 452 g/mol. The maximum absolute atomic E-state index is 3.42. The van der Waals surface area contributed by atoms with Crippen molar-refractivity contribution in [3.63, 3.8) is 0 Å². The molecule has 21 heavy (non-hydrogen) atoms. The molecule has 1 saturated heterocycles. The molecule has 0 atom stereocenters. The van der Waals surface area contributed by atoms with Gasteiger partial charge in [-0.1, -0.05) is 0 Å². The highest BCUT2D eigenvalue weighted by Crippen LogP contribution is 1.76. The van der Waals surface area contributed by atoms with Crippen molar-refractivity contribution in [2.24, 2.45) is 0 Å². The molecule has 11 heteroatoms. The lowest BCUT2D eigenvalue weighted by Crippen LogP contribution is -2.34. The van der Waals surface area contributed by atoms with Crippen LogP contribution in [-0.2, 0) is 0 Å². The van der Waals surface area contributed by atoms with Crippen LogP contribution >= 0.6 is 86.8 Å². The summed E-state index contributed by atoms with van der Waals surface area (Å²) in [6, 6.07) is 0. The molecule has 1 heterocycles. The van der Waals surface area contributed by atoms with Crippen LogP contribution < -0.4 is 21.3 Å². The smallest absolute Gasteiger partial charge is 0.00767 e. The minimum absolute atomic E-state index is 0. The van der Waals surface area contributed by atoms with E-state index in [9.17, 15) is 0 Å². The number of hydrogen-bond acceptors (Lipinski definition) is 4. The number of nitrogens with one attached hydrogen (secondary N) is 4. The van der Waals surface area contributed by atoms with Crippen molar-refractivity contribution in [3.05, 3.63) is 0 Å². The molecule has 0 aromatic heterocycles. The summed E-state index contributed by atoms with van der Waals surface area (Å²) in [6.07, 6.45) is 2.44. The van der Waals surface area contributed by atoms with Gasteiger partial charge in [-0.25, -0.2) is 0 Å². The van der Waals surface area contributed by atoms with Crippen molar-refractivity contribution >= 4 is 86.8 Å². The summed E-state index contributed by atoms with van der Waals surface area (Å²) < 4.78 is 0. The first kappa shape index (κ1) is 43.4. The second-order valence-electron chi connectivity index (χ2n) is 3.71. The highest BCUT2D eigenvalue weighted by molar-refractivity contribution is 5.86. The SMILES string of the molecule is C1CNCCNCCCNCCNC1.Cl.Cl.Cl.Cl.Cl.Cl.Cl. The number of rotatable bonds is 0. The van der Waals surface area contributed by atoms with E-state index in [4.69, 9.17) is 0 Å². The van der Waals surface area contributed by atoms with Crippen LogP contribution in [0.1, 0.15) is 12.8 Å². The van der Waals surface area contributed by atoms with Crippen LogP contribution in [0.25, 0.3) is 0 Å². The van der Waals surface area contributed by atoms with Gasteiger partial charge in [0.25, 0.3) is 0 Å². The fourth-order valence-corrected chi connectivity index (χ4v) is 1.53. The summed E-state index contributed by atoms with van der Waals surface area (Å²) >= 11 is 0. The normalized spacial score (nSPS) is 16.0. The molecule has 4 nitrogen and oxygen atoms in total. The van der Waals surface area contributed by atoms with E-state index in [1.807, 2.05) is 0 Å². The second-order valence-corrected chi connectivity index (χ2v) is 3.71. The van der Waals surface area contributed by atoms with Crippen LogP contribution in [0, 0.1) is 0 Å². The van der Waals surface area contributed by atoms with Gasteiger partial charge in [0, 0.05) is 26.2 Å². The lowest BCUT2D eigenvalue weighted by molar-refractivity contribution is 0.530. The average molecular weight is 456 g/mol. The van der Waals surface area contributed by atoms with E-state index in [0.717, 1.165) is 52.4 Å². The molecule has 0 unspecified atom stereocenters. The molecule has 0 bridgehead atoms. The number of hydrogen-bond donors (Lipinski definition) is 4. The van der Waals surface area contributed by atoms with Gasteiger partial charge in [-0.2, -0.15) is 0 Å². The molecular weight excluding hydrogens is 424 g/mol. The van der Waals surface area contributed by atoms with Crippen LogP contribution in [0.15, 0.2) is 0 Å². The fraction of sp³-hybridized carbons (Fsp3) is 1.00. The van der Waals surface area contributed by atoms with Gasteiger partial charge < -0.3 is 21.3 Å². The van der Waals surface area contributed by atoms with Crippen molar-refractivity contribution in [1.82, 2.24) is 21.3 Å². The molecule has 0 aromatic carbocycles. The fourth-order valence-electron chi connectivity index (χ4n) is 1.53. The summed E-state index contributed by atoms with van der Waals surface area (Å²) in [4.78, 5) is 0. The van der Waals surface area contributed by atoms with Crippen LogP contribution in [0.5, 0.6) is 0 Å². The highest BCUT2D eigenvalue weighted by Gasteiger charge is 1.93. The summed E-state index contributed by atoms with van der Waals surface area (Å²) in [7, 11) is 0. The Balaban J connectivity index is -0.0000000560. The van der Waals surface area contributed by atoms with Crippen molar-refractivity contribution in [2.45, 2.75) is 12.8 Å². The summed E-state index contributed by atoms with van der Waals surface area (Å²) in [5.74, 6) is 0. The summed E-state index contributed by atoms with van der Waals surface area (Å²) in [5, 5.41) is 13.7. The van der Waals surface area contributed by atoms with Gasteiger partial charge >= 0.3 is 0 Å². The Morgan fingerprint density at radius 1 is 0.286 bits per heavy atom. The predicted octanol–water partition coefficient (Wildman–Crippen LogP) is 2.09. The van der Waals surface area contributed by atoms with E-state index >= 15 is 0 Å². The van der Waals surface area contributed by atoms with Crippen molar-refractivity contribution in [3.8, 4) is 0 Å². The topological polar surface area (TPSA) is 48.1 Å². The maximum atomic E-state index is 3.42. The van der Waals surface area contributed by atoms with Crippen molar-refractivity contribution in [1.29, 1.82) is 0 Å². The van der Waals surface area contributed by atoms with Gasteiger partial charge in [-0.3, -0.25) is 0 Å². The molecule has 0 aliphatic carbocycles. The third kappa shape index (κ3) is 34.3. The van der Waals surface area contributed by atoms with Gasteiger partial charge in [-0.05, 0) is 39.0 Å². The molecular formula is C10H31Cl7N4. The Morgan fingerprint density at radius 2 is 0.476 bits per heavy atom. The second kappa shape index (κ2) is 37.8. The lowest BCUT2D eigenvalue weighted by atomic mass is 10.3. The lowest BCUT2D eigenvalue weighted by Gasteiger charge is -2.10. The minimum Gasteiger partial charge on any atom is -0.315 e. The third-order valence-corrected chi connectivity index (χ3v) is 2.37. The Bertz CT molecular complexity index is 84.7. The molecule has 0 spiro atoms. The van der Waals surface area contributed by atoms with E-state index in [1.165, 1.54) is 12.8 Å². The van der Waals surface area contributed by atoms with Crippen LogP contribution in [0.2, 0.25) is 0 Å². The molecule has 1 aliphatic heterocycles. The number of halogens is 7. The van der Waals surface area contributed by atoms with Crippen LogP contribution in [0.4, 0.5) is 0 Å². The maximum Gasteiger partial charge on any atom is 0.00767 e. The first-order valence-corrected chi connectivity index (χ1v) is 5.83. The van der Waals surface area contributed by atoms with Gasteiger partial charge in [-0.15, -0.1) is 86.8 Å². The van der Waals surface area contributed by atoms with Crippen molar-refractivity contribution in [2.75, 3.05) is 52.4 Å².